The number of morpholine rings is 1. The lowest BCUT2D eigenvalue weighted by atomic mass is 9.97. The van der Waals surface area contributed by atoms with Crippen LogP contribution in [0.15, 0.2) is 53.9 Å². The predicted octanol–water partition coefficient (Wildman–Crippen LogP) is 3.51. The molecule has 0 amide bonds. The van der Waals surface area contributed by atoms with E-state index in [0.29, 0.717) is 12.4 Å². The zero-order valence-corrected chi connectivity index (χ0v) is 17.9. The molecule has 1 fully saturated rings. The van der Waals surface area contributed by atoms with Crippen LogP contribution in [-0.4, -0.2) is 53.1 Å². The highest BCUT2D eigenvalue weighted by molar-refractivity contribution is 6.14. The summed E-state index contributed by atoms with van der Waals surface area (Å²) in [5.74, 6) is 1.52. The Labute approximate surface area is 181 Å². The first-order chi connectivity index (χ1) is 15.1. The fourth-order valence-electron chi connectivity index (χ4n) is 4.27. The Morgan fingerprint density at radius 3 is 2.52 bits per heavy atom. The van der Waals surface area contributed by atoms with Crippen LogP contribution in [0.25, 0.3) is 11.1 Å². The largest absolute Gasteiger partial charge is 0.481 e. The minimum absolute atomic E-state index is 0.173. The molecule has 4 heterocycles. The van der Waals surface area contributed by atoms with Crippen LogP contribution in [0.5, 0.6) is 5.88 Å². The Balaban J connectivity index is 1.46. The Kier molecular flexibility index (Phi) is 5.11. The van der Waals surface area contributed by atoms with Gasteiger partial charge in [0.05, 0.1) is 37.3 Å². The first kappa shape index (κ1) is 19.6. The van der Waals surface area contributed by atoms with Crippen molar-refractivity contribution in [2.24, 2.45) is 4.99 Å². The van der Waals surface area contributed by atoms with Gasteiger partial charge in [0, 0.05) is 42.5 Å². The molecule has 158 valence electrons. The standard InChI is InChI=1S/C24H25N5O2/c1-15-12-29(13-16(2)31-15)22-9-21(27-14-28-22)24-20-8-17(4-5-19(20)11-26-24)18-6-7-23(30-3)25-10-18/h4-10,14-16H,11-13H2,1-3H3/t15-,16+. The number of methoxy groups -OCH3 is 1. The highest BCUT2D eigenvalue weighted by Crippen LogP contribution is 2.29. The van der Waals surface area contributed by atoms with Crippen LogP contribution in [0.2, 0.25) is 0 Å². The number of hydrogen-bond acceptors (Lipinski definition) is 7. The molecule has 0 unspecified atom stereocenters. The summed E-state index contributed by atoms with van der Waals surface area (Å²) in [5.41, 5.74) is 6.20. The van der Waals surface area contributed by atoms with E-state index in [1.54, 1.807) is 13.4 Å². The van der Waals surface area contributed by atoms with Crippen molar-refractivity contribution >= 4 is 11.5 Å². The van der Waals surface area contributed by atoms with Gasteiger partial charge >= 0.3 is 0 Å². The number of aromatic nitrogens is 3. The van der Waals surface area contributed by atoms with E-state index in [1.807, 2.05) is 24.4 Å². The molecule has 3 aromatic rings. The average Bonchev–Trinajstić information content (AvgIpc) is 3.22. The molecule has 2 aliphatic rings. The summed E-state index contributed by atoms with van der Waals surface area (Å²) < 4.78 is 11.0. The summed E-state index contributed by atoms with van der Waals surface area (Å²) in [4.78, 5) is 20.5. The zero-order chi connectivity index (χ0) is 21.4. The number of aliphatic imine (C=N–C) groups is 1. The fourth-order valence-corrected chi connectivity index (χ4v) is 4.27. The number of anilines is 1. The second kappa shape index (κ2) is 8.07. The second-order valence-electron chi connectivity index (χ2n) is 8.05. The maximum Gasteiger partial charge on any atom is 0.212 e. The van der Waals surface area contributed by atoms with Crippen LogP contribution in [0.3, 0.4) is 0 Å². The summed E-state index contributed by atoms with van der Waals surface area (Å²) >= 11 is 0. The minimum Gasteiger partial charge on any atom is -0.481 e. The van der Waals surface area contributed by atoms with Crippen LogP contribution in [-0.2, 0) is 11.3 Å². The molecule has 0 aliphatic carbocycles. The summed E-state index contributed by atoms with van der Waals surface area (Å²) in [7, 11) is 1.62. The third-order valence-corrected chi connectivity index (χ3v) is 5.69. The lowest BCUT2D eigenvalue weighted by Gasteiger charge is -2.36. The van der Waals surface area contributed by atoms with Crippen molar-refractivity contribution in [2.75, 3.05) is 25.1 Å². The Bertz CT molecular complexity index is 1120. The summed E-state index contributed by atoms with van der Waals surface area (Å²) in [6.45, 7) is 6.49. The van der Waals surface area contributed by atoms with Gasteiger partial charge in [-0.25, -0.2) is 15.0 Å². The van der Waals surface area contributed by atoms with Crippen LogP contribution in [0, 0.1) is 0 Å². The molecule has 0 N–H and O–H groups in total. The van der Waals surface area contributed by atoms with E-state index in [-0.39, 0.29) is 12.2 Å². The van der Waals surface area contributed by atoms with Gasteiger partial charge in [0.25, 0.3) is 0 Å². The van der Waals surface area contributed by atoms with Gasteiger partial charge in [0.1, 0.15) is 12.1 Å². The molecule has 0 saturated carbocycles. The molecular formula is C24H25N5O2. The van der Waals surface area contributed by atoms with E-state index in [2.05, 4.69) is 51.9 Å². The van der Waals surface area contributed by atoms with Gasteiger partial charge in [0.2, 0.25) is 5.88 Å². The molecule has 31 heavy (non-hydrogen) atoms. The van der Waals surface area contributed by atoms with Gasteiger partial charge in [-0.1, -0.05) is 12.1 Å². The number of fused-ring (bicyclic) bond motifs is 1. The van der Waals surface area contributed by atoms with E-state index in [1.165, 1.54) is 5.56 Å². The van der Waals surface area contributed by atoms with Crippen molar-refractivity contribution in [1.82, 2.24) is 15.0 Å². The topological polar surface area (TPSA) is 72.7 Å². The average molecular weight is 415 g/mol. The number of hydrogen-bond donors (Lipinski definition) is 0. The van der Waals surface area contributed by atoms with E-state index in [4.69, 9.17) is 14.5 Å². The highest BCUT2D eigenvalue weighted by atomic mass is 16.5. The fraction of sp³-hybridized carbons (Fsp3) is 0.333. The van der Waals surface area contributed by atoms with Crippen LogP contribution in [0.1, 0.15) is 30.7 Å². The molecule has 0 radical (unpaired) electrons. The summed E-state index contributed by atoms with van der Waals surface area (Å²) in [5, 5.41) is 0. The van der Waals surface area contributed by atoms with Gasteiger partial charge in [0.15, 0.2) is 0 Å². The maximum absolute atomic E-state index is 5.86. The van der Waals surface area contributed by atoms with Crippen LogP contribution in [0.4, 0.5) is 5.82 Å². The molecule has 7 heteroatoms. The van der Waals surface area contributed by atoms with Gasteiger partial charge in [-0.3, -0.25) is 4.99 Å². The van der Waals surface area contributed by atoms with E-state index < -0.39 is 0 Å². The Morgan fingerprint density at radius 2 is 1.77 bits per heavy atom. The molecule has 0 spiro atoms. The molecule has 2 aliphatic heterocycles. The molecule has 7 nitrogen and oxygen atoms in total. The molecule has 1 aromatic carbocycles. The first-order valence-corrected chi connectivity index (χ1v) is 10.5. The van der Waals surface area contributed by atoms with Gasteiger partial charge < -0.3 is 14.4 Å². The Hall–Kier alpha value is -3.32. The molecule has 2 aromatic heterocycles. The number of rotatable bonds is 4. The summed E-state index contributed by atoms with van der Waals surface area (Å²) in [6, 6.07) is 12.4. The van der Waals surface area contributed by atoms with Crippen molar-refractivity contribution < 1.29 is 9.47 Å². The number of benzene rings is 1. The van der Waals surface area contributed by atoms with Crippen molar-refractivity contribution in [1.29, 1.82) is 0 Å². The molecule has 0 bridgehead atoms. The lowest BCUT2D eigenvalue weighted by molar-refractivity contribution is -0.00546. The molecule has 2 atom stereocenters. The number of pyridine rings is 1. The normalized spacial score (nSPS) is 20.4. The number of nitrogens with zero attached hydrogens (tertiary/aromatic N) is 5. The first-order valence-electron chi connectivity index (χ1n) is 10.5. The van der Waals surface area contributed by atoms with Gasteiger partial charge in [-0.05, 0) is 37.1 Å². The van der Waals surface area contributed by atoms with Gasteiger partial charge in [-0.2, -0.15) is 0 Å². The zero-order valence-electron chi connectivity index (χ0n) is 17.9. The maximum atomic E-state index is 5.86. The molecule has 5 rings (SSSR count). The van der Waals surface area contributed by atoms with Crippen molar-refractivity contribution in [3.05, 3.63) is 65.7 Å². The van der Waals surface area contributed by atoms with Crippen LogP contribution >= 0.6 is 0 Å². The van der Waals surface area contributed by atoms with Crippen molar-refractivity contribution in [2.45, 2.75) is 32.6 Å². The van der Waals surface area contributed by atoms with Crippen molar-refractivity contribution in [3.8, 4) is 17.0 Å². The quantitative estimate of drug-likeness (QED) is 0.649. The lowest BCUT2D eigenvalue weighted by Crippen LogP contribution is -2.45. The third kappa shape index (κ3) is 3.88. The Morgan fingerprint density at radius 1 is 0.968 bits per heavy atom. The second-order valence-corrected chi connectivity index (χ2v) is 8.05. The highest BCUT2D eigenvalue weighted by Gasteiger charge is 2.25. The summed E-state index contributed by atoms with van der Waals surface area (Å²) in [6.07, 6.45) is 3.81. The number of ether oxygens (including phenoxy) is 2. The minimum atomic E-state index is 0.173. The monoisotopic (exact) mass is 415 g/mol. The van der Waals surface area contributed by atoms with E-state index in [0.717, 1.165) is 47.0 Å². The predicted molar refractivity (Wildman–Crippen MR) is 120 cm³/mol. The molecular weight excluding hydrogens is 390 g/mol. The smallest absolute Gasteiger partial charge is 0.212 e. The molecule has 1 saturated heterocycles. The van der Waals surface area contributed by atoms with Crippen molar-refractivity contribution in [3.63, 3.8) is 0 Å². The van der Waals surface area contributed by atoms with Crippen LogP contribution < -0.4 is 9.64 Å². The SMILES string of the molecule is COc1ccc(-c2ccc3c(c2)C(c2cc(N4C[C@@H](C)O[C@@H](C)C4)ncn2)=NC3)cn1. The van der Waals surface area contributed by atoms with Gasteiger partial charge in [-0.15, -0.1) is 0 Å². The third-order valence-electron chi connectivity index (χ3n) is 5.69. The van der Waals surface area contributed by atoms with E-state index >= 15 is 0 Å². The van der Waals surface area contributed by atoms with E-state index in [9.17, 15) is 0 Å².